The molecule has 1 aromatic carbocycles. The summed E-state index contributed by atoms with van der Waals surface area (Å²) in [6, 6.07) is 3.94. The van der Waals surface area contributed by atoms with Crippen molar-refractivity contribution < 1.29 is 32.3 Å². The number of aromatic carboxylic acids is 1. The highest BCUT2D eigenvalue weighted by Crippen LogP contribution is 2.20. The van der Waals surface area contributed by atoms with E-state index < -0.39 is 21.3 Å². The number of carbonyl (C=O) groups is 1. The fourth-order valence-electron chi connectivity index (χ4n) is 0.839. The average molecular weight is 391 g/mol. The van der Waals surface area contributed by atoms with E-state index in [9.17, 15) is 14.9 Å². The molecule has 11 heteroatoms. The van der Waals surface area contributed by atoms with Crippen LogP contribution in [0.4, 0.5) is 5.69 Å². The van der Waals surface area contributed by atoms with Gasteiger partial charge in [0.15, 0.2) is 0 Å². The van der Waals surface area contributed by atoms with Gasteiger partial charge in [-0.2, -0.15) is 8.42 Å². The maximum absolute atomic E-state index is 10.6. The van der Waals surface area contributed by atoms with E-state index in [-0.39, 0.29) is 11.3 Å². The van der Waals surface area contributed by atoms with Crippen molar-refractivity contribution in [2.45, 2.75) is 0 Å². The van der Waals surface area contributed by atoms with Gasteiger partial charge in [0.25, 0.3) is 5.69 Å². The minimum atomic E-state index is -4.67. The summed E-state index contributed by atoms with van der Waals surface area (Å²) in [5.74, 6) is -1.29. The second kappa shape index (κ2) is 6.58. The Labute approximate surface area is 114 Å². The SMILES string of the molecule is O=C(O)c1cc(I)ccc1[N+](=O)[O-].O=S(=O)(O)O. The predicted molar refractivity (Wildman–Crippen MR) is 67.0 cm³/mol. The Morgan fingerprint density at radius 3 is 2.11 bits per heavy atom. The first-order valence-electron chi connectivity index (χ1n) is 3.89. The van der Waals surface area contributed by atoms with Crippen molar-refractivity contribution in [1.29, 1.82) is 0 Å². The van der Waals surface area contributed by atoms with E-state index in [1.54, 1.807) is 0 Å². The van der Waals surface area contributed by atoms with Gasteiger partial charge in [0, 0.05) is 9.64 Å². The standard InChI is InChI=1S/C7H4INO4.H2O4S/c8-4-1-2-6(9(12)13)5(3-4)7(10)11;1-5(2,3)4/h1-3H,(H,10,11);(H2,1,2,3,4). The summed E-state index contributed by atoms with van der Waals surface area (Å²) in [5.41, 5.74) is -0.662. The van der Waals surface area contributed by atoms with E-state index in [4.69, 9.17) is 22.6 Å². The Morgan fingerprint density at radius 1 is 1.33 bits per heavy atom. The van der Waals surface area contributed by atoms with Crippen molar-refractivity contribution in [2.75, 3.05) is 0 Å². The molecule has 1 rings (SSSR count). The number of carboxylic acids is 1. The first-order chi connectivity index (χ1) is 8.02. The van der Waals surface area contributed by atoms with Crippen LogP contribution in [0.1, 0.15) is 10.4 Å². The molecule has 0 atom stereocenters. The Morgan fingerprint density at radius 2 is 1.78 bits per heavy atom. The highest BCUT2D eigenvalue weighted by Gasteiger charge is 2.19. The van der Waals surface area contributed by atoms with Crippen molar-refractivity contribution in [3.8, 4) is 0 Å². The number of carboxylic acid groups (broad SMARTS) is 1. The normalized spacial score (nSPS) is 10.2. The summed E-state index contributed by atoms with van der Waals surface area (Å²) in [6.07, 6.45) is 0. The molecule has 0 radical (unpaired) electrons. The molecule has 18 heavy (non-hydrogen) atoms. The fourth-order valence-corrected chi connectivity index (χ4v) is 1.33. The quantitative estimate of drug-likeness (QED) is 0.294. The topological polar surface area (TPSA) is 155 Å². The van der Waals surface area contributed by atoms with Gasteiger partial charge in [0.05, 0.1) is 4.92 Å². The fraction of sp³-hybridized carbons (Fsp3) is 0. The maximum Gasteiger partial charge on any atom is 0.394 e. The largest absolute Gasteiger partial charge is 0.477 e. The van der Waals surface area contributed by atoms with E-state index in [1.807, 2.05) is 22.6 Å². The number of nitro groups is 1. The molecule has 0 saturated heterocycles. The van der Waals surface area contributed by atoms with Crippen LogP contribution in [-0.2, 0) is 10.4 Å². The molecule has 1 aromatic rings. The van der Waals surface area contributed by atoms with Crippen LogP contribution in [0, 0.1) is 13.7 Å². The molecular weight excluding hydrogens is 385 g/mol. The summed E-state index contributed by atoms with van der Waals surface area (Å²) in [5, 5.41) is 19.0. The lowest BCUT2D eigenvalue weighted by atomic mass is 10.2. The number of hydrogen-bond acceptors (Lipinski definition) is 5. The van der Waals surface area contributed by atoms with Crippen molar-refractivity contribution in [3.63, 3.8) is 0 Å². The average Bonchev–Trinajstić information content (AvgIpc) is 2.14. The number of nitro benzene ring substituents is 1. The lowest BCUT2D eigenvalue weighted by Gasteiger charge is -1.97. The Kier molecular flexibility index (Phi) is 6.10. The van der Waals surface area contributed by atoms with Crippen molar-refractivity contribution >= 4 is 44.6 Å². The van der Waals surface area contributed by atoms with E-state index in [1.165, 1.54) is 18.2 Å². The maximum atomic E-state index is 10.6. The van der Waals surface area contributed by atoms with Crippen molar-refractivity contribution in [3.05, 3.63) is 37.4 Å². The first-order valence-corrected chi connectivity index (χ1v) is 6.37. The molecule has 0 spiro atoms. The molecular formula is C7H6INO8S. The van der Waals surface area contributed by atoms with Crippen LogP contribution < -0.4 is 0 Å². The van der Waals surface area contributed by atoms with Crippen molar-refractivity contribution in [2.24, 2.45) is 0 Å². The van der Waals surface area contributed by atoms with Gasteiger partial charge in [-0.1, -0.05) is 0 Å². The van der Waals surface area contributed by atoms with Gasteiger partial charge in [-0.15, -0.1) is 0 Å². The van der Waals surface area contributed by atoms with Crippen molar-refractivity contribution in [1.82, 2.24) is 0 Å². The Hall–Kier alpha value is -1.31. The molecule has 100 valence electrons. The minimum Gasteiger partial charge on any atom is -0.477 e. The lowest BCUT2D eigenvalue weighted by molar-refractivity contribution is -0.385. The van der Waals surface area contributed by atoms with Gasteiger partial charge in [-0.3, -0.25) is 19.2 Å². The van der Waals surface area contributed by atoms with Crippen LogP contribution in [-0.4, -0.2) is 33.5 Å². The number of rotatable bonds is 2. The number of nitrogens with zero attached hydrogens (tertiary/aromatic N) is 1. The van der Waals surface area contributed by atoms with Crippen LogP contribution in [0.5, 0.6) is 0 Å². The molecule has 3 N–H and O–H groups in total. The van der Waals surface area contributed by atoms with Gasteiger partial charge in [-0.05, 0) is 34.7 Å². The molecule has 0 aliphatic heterocycles. The molecule has 0 heterocycles. The molecule has 0 bridgehead atoms. The van der Waals surface area contributed by atoms with Gasteiger partial charge >= 0.3 is 16.4 Å². The third-order valence-corrected chi connectivity index (χ3v) is 2.06. The molecule has 0 fully saturated rings. The van der Waals surface area contributed by atoms with E-state index >= 15 is 0 Å². The number of benzene rings is 1. The molecule has 9 nitrogen and oxygen atoms in total. The zero-order valence-electron chi connectivity index (χ0n) is 8.35. The third-order valence-electron chi connectivity index (χ3n) is 1.39. The number of halogens is 1. The predicted octanol–water partition coefficient (Wildman–Crippen LogP) is 1.24. The highest BCUT2D eigenvalue weighted by molar-refractivity contribution is 14.1. The smallest absolute Gasteiger partial charge is 0.394 e. The second-order valence-electron chi connectivity index (χ2n) is 2.67. The van der Waals surface area contributed by atoms with Crippen LogP contribution in [0.2, 0.25) is 0 Å². The molecule has 0 amide bonds. The zero-order valence-corrected chi connectivity index (χ0v) is 11.3. The molecule has 0 aliphatic rings. The summed E-state index contributed by atoms with van der Waals surface area (Å²) < 4.78 is 32.2. The molecule has 0 saturated carbocycles. The van der Waals surface area contributed by atoms with Gasteiger partial charge in [0.1, 0.15) is 5.56 Å². The van der Waals surface area contributed by atoms with Crippen LogP contribution in [0.25, 0.3) is 0 Å². The van der Waals surface area contributed by atoms with Crippen LogP contribution >= 0.6 is 22.6 Å². The van der Waals surface area contributed by atoms with Crippen LogP contribution in [0.3, 0.4) is 0 Å². The lowest BCUT2D eigenvalue weighted by Crippen LogP contribution is -2.02. The van der Waals surface area contributed by atoms with Gasteiger partial charge in [0.2, 0.25) is 0 Å². The van der Waals surface area contributed by atoms with Crippen LogP contribution in [0.15, 0.2) is 18.2 Å². The monoisotopic (exact) mass is 391 g/mol. The Bertz CT molecular complexity index is 561. The Balaban J connectivity index is 0.000000494. The zero-order chi connectivity index (χ0) is 14.5. The van der Waals surface area contributed by atoms with E-state index in [0.29, 0.717) is 3.57 Å². The van der Waals surface area contributed by atoms with E-state index in [0.717, 1.165) is 0 Å². The van der Waals surface area contributed by atoms with E-state index in [2.05, 4.69) is 0 Å². The highest BCUT2D eigenvalue weighted by atomic mass is 127. The second-order valence-corrected chi connectivity index (χ2v) is 4.81. The molecule has 0 unspecified atom stereocenters. The minimum absolute atomic E-state index is 0.281. The first kappa shape index (κ1) is 16.7. The molecule has 0 aromatic heterocycles. The summed E-state index contributed by atoms with van der Waals surface area (Å²) in [6.45, 7) is 0. The summed E-state index contributed by atoms with van der Waals surface area (Å²) in [7, 11) is -4.67. The van der Waals surface area contributed by atoms with Gasteiger partial charge in [-0.25, -0.2) is 4.79 Å². The number of hydrogen-bond donors (Lipinski definition) is 3. The summed E-state index contributed by atoms with van der Waals surface area (Å²) >= 11 is 1.89. The third kappa shape index (κ3) is 7.10. The summed E-state index contributed by atoms with van der Waals surface area (Å²) in [4.78, 5) is 20.2. The van der Waals surface area contributed by atoms with Gasteiger partial charge < -0.3 is 5.11 Å². The molecule has 0 aliphatic carbocycles.